The second-order valence-corrected chi connectivity index (χ2v) is 12.2. The van der Waals surface area contributed by atoms with Crippen LogP contribution in [0, 0.1) is 28.6 Å². The molecule has 1 amide bonds. The SMILES string of the molecule is N#Cc1ccc(N2N=C(N3CCC4(CC3)CC(C(=O)N3CC[C@H](O)C3)C4)CC2C2CCCC2)cc1Cl. The molecule has 1 aromatic rings. The van der Waals surface area contributed by atoms with Crippen molar-refractivity contribution in [2.24, 2.45) is 22.4 Å². The van der Waals surface area contributed by atoms with Gasteiger partial charge in [0.25, 0.3) is 0 Å². The van der Waals surface area contributed by atoms with Gasteiger partial charge in [-0.05, 0) is 74.5 Å². The number of nitriles is 1. The molecule has 36 heavy (non-hydrogen) atoms. The normalized spacial score (nSPS) is 28.5. The lowest BCUT2D eigenvalue weighted by Crippen LogP contribution is -2.52. The fraction of sp³-hybridized carbons (Fsp3) is 0.679. The average Bonchev–Trinajstić information content (AvgIpc) is 3.63. The molecule has 192 valence electrons. The fourth-order valence-corrected chi connectivity index (χ4v) is 7.63. The largest absolute Gasteiger partial charge is 0.391 e. The van der Waals surface area contributed by atoms with Crippen LogP contribution >= 0.6 is 11.6 Å². The molecule has 2 aliphatic carbocycles. The number of rotatable bonds is 3. The first-order chi connectivity index (χ1) is 17.4. The Morgan fingerprint density at radius 1 is 1.14 bits per heavy atom. The van der Waals surface area contributed by atoms with E-state index in [-0.39, 0.29) is 17.9 Å². The number of benzene rings is 1. The minimum Gasteiger partial charge on any atom is -0.391 e. The average molecular weight is 510 g/mol. The summed E-state index contributed by atoms with van der Waals surface area (Å²) >= 11 is 6.39. The maximum Gasteiger partial charge on any atom is 0.225 e. The van der Waals surface area contributed by atoms with E-state index in [4.69, 9.17) is 16.7 Å². The minimum atomic E-state index is -0.341. The number of anilines is 1. The van der Waals surface area contributed by atoms with Gasteiger partial charge in [0.2, 0.25) is 5.91 Å². The highest BCUT2D eigenvalue weighted by Crippen LogP contribution is 2.53. The molecule has 8 heteroatoms. The summed E-state index contributed by atoms with van der Waals surface area (Å²) in [5.74, 6) is 2.23. The Balaban J connectivity index is 1.11. The number of amides is 1. The smallest absolute Gasteiger partial charge is 0.225 e. The van der Waals surface area contributed by atoms with Crippen LogP contribution in [0.5, 0.6) is 0 Å². The molecular formula is C28H36ClN5O2. The molecule has 3 aliphatic heterocycles. The van der Waals surface area contributed by atoms with Crippen molar-refractivity contribution in [3.8, 4) is 6.07 Å². The van der Waals surface area contributed by atoms with Gasteiger partial charge in [-0.2, -0.15) is 10.4 Å². The Morgan fingerprint density at radius 2 is 1.89 bits per heavy atom. The fourth-order valence-electron chi connectivity index (χ4n) is 7.41. The van der Waals surface area contributed by atoms with E-state index in [1.807, 2.05) is 17.0 Å². The highest BCUT2D eigenvalue weighted by Gasteiger charge is 2.50. The van der Waals surface area contributed by atoms with E-state index in [9.17, 15) is 15.2 Å². The van der Waals surface area contributed by atoms with E-state index in [1.54, 1.807) is 6.07 Å². The van der Waals surface area contributed by atoms with E-state index in [0.29, 0.717) is 47.5 Å². The molecule has 1 aromatic carbocycles. The van der Waals surface area contributed by atoms with Crippen molar-refractivity contribution in [3.63, 3.8) is 0 Å². The van der Waals surface area contributed by atoms with Crippen LogP contribution in [0.3, 0.4) is 0 Å². The van der Waals surface area contributed by atoms with Crippen LogP contribution in [-0.2, 0) is 4.79 Å². The van der Waals surface area contributed by atoms with Gasteiger partial charge in [0, 0.05) is 38.5 Å². The Labute approximate surface area is 218 Å². The van der Waals surface area contributed by atoms with Gasteiger partial charge in [-0.3, -0.25) is 9.80 Å². The molecule has 4 fully saturated rings. The number of aliphatic hydroxyl groups excluding tert-OH is 1. The number of aliphatic hydroxyl groups is 1. The van der Waals surface area contributed by atoms with Crippen molar-refractivity contribution in [1.29, 1.82) is 5.26 Å². The summed E-state index contributed by atoms with van der Waals surface area (Å²) in [6, 6.07) is 8.19. The molecule has 2 saturated heterocycles. The van der Waals surface area contributed by atoms with Crippen molar-refractivity contribution in [1.82, 2.24) is 9.80 Å². The highest BCUT2D eigenvalue weighted by atomic mass is 35.5. The van der Waals surface area contributed by atoms with Crippen molar-refractivity contribution in [3.05, 3.63) is 28.8 Å². The number of amidine groups is 1. The number of hydrazone groups is 1. The van der Waals surface area contributed by atoms with E-state index in [0.717, 1.165) is 50.9 Å². The second kappa shape index (κ2) is 9.54. The Morgan fingerprint density at radius 3 is 2.53 bits per heavy atom. The summed E-state index contributed by atoms with van der Waals surface area (Å²) in [5, 5.41) is 26.9. The van der Waals surface area contributed by atoms with Gasteiger partial charge >= 0.3 is 0 Å². The summed E-state index contributed by atoms with van der Waals surface area (Å²) in [6.07, 6.45) is 10.7. The zero-order valence-electron chi connectivity index (χ0n) is 20.9. The monoisotopic (exact) mass is 509 g/mol. The molecule has 1 N–H and O–H groups in total. The summed E-state index contributed by atoms with van der Waals surface area (Å²) in [7, 11) is 0. The molecule has 0 radical (unpaired) electrons. The third kappa shape index (κ3) is 4.37. The predicted molar refractivity (Wildman–Crippen MR) is 140 cm³/mol. The number of carbonyl (C=O) groups is 1. The van der Waals surface area contributed by atoms with E-state index in [2.05, 4.69) is 16.0 Å². The number of hydrogen-bond donors (Lipinski definition) is 1. The van der Waals surface area contributed by atoms with Gasteiger partial charge in [-0.25, -0.2) is 0 Å². The van der Waals surface area contributed by atoms with Crippen LogP contribution in [-0.4, -0.2) is 65.0 Å². The van der Waals surface area contributed by atoms with Gasteiger partial charge in [0.05, 0.1) is 28.4 Å². The molecule has 2 saturated carbocycles. The third-order valence-electron chi connectivity index (χ3n) is 9.58. The summed E-state index contributed by atoms with van der Waals surface area (Å²) in [5.41, 5.74) is 1.78. The predicted octanol–water partition coefficient (Wildman–Crippen LogP) is 4.38. The lowest BCUT2D eigenvalue weighted by atomic mass is 9.57. The molecule has 7 nitrogen and oxygen atoms in total. The lowest BCUT2D eigenvalue weighted by Gasteiger charge is -2.52. The van der Waals surface area contributed by atoms with Crippen LogP contribution in [0.4, 0.5) is 5.69 Å². The molecule has 6 rings (SSSR count). The molecule has 1 unspecified atom stereocenters. The first kappa shape index (κ1) is 24.1. The van der Waals surface area contributed by atoms with E-state index in [1.165, 1.54) is 31.5 Å². The standard InChI is InChI=1S/C28H36ClN5O2/c29-24-13-22(6-5-20(24)17-30)34-25(19-3-1-2-4-19)14-26(31-34)32-11-8-28(9-12-32)15-21(16-28)27(36)33-10-7-23(35)18-33/h5-6,13,19,21,23,25,35H,1-4,7-12,14-16,18H2/t23-,25?/m0/s1. The molecule has 0 aromatic heterocycles. The lowest BCUT2D eigenvalue weighted by molar-refractivity contribution is -0.144. The number of piperidine rings is 1. The Hall–Kier alpha value is -2.30. The molecule has 1 spiro atoms. The number of β-amino-alcohol motifs (C(OH)–C–C–N with tert-alkyl or cyclic N) is 1. The number of likely N-dealkylation sites (tertiary alicyclic amines) is 2. The quantitative estimate of drug-likeness (QED) is 0.653. The first-order valence-electron chi connectivity index (χ1n) is 13.7. The van der Waals surface area contributed by atoms with Crippen molar-refractivity contribution >= 4 is 29.0 Å². The van der Waals surface area contributed by atoms with Crippen LogP contribution in [0.15, 0.2) is 23.3 Å². The Bertz CT molecular complexity index is 1080. The number of halogens is 1. The van der Waals surface area contributed by atoms with E-state index >= 15 is 0 Å². The molecule has 2 atom stereocenters. The van der Waals surface area contributed by atoms with Gasteiger partial charge in [0.1, 0.15) is 11.9 Å². The van der Waals surface area contributed by atoms with Crippen molar-refractivity contribution < 1.29 is 9.90 Å². The third-order valence-corrected chi connectivity index (χ3v) is 9.90. The number of nitrogens with zero attached hydrogens (tertiary/aromatic N) is 5. The summed E-state index contributed by atoms with van der Waals surface area (Å²) in [4.78, 5) is 17.2. The Kier molecular flexibility index (Phi) is 6.37. The summed E-state index contributed by atoms with van der Waals surface area (Å²) < 4.78 is 0. The van der Waals surface area contributed by atoms with Gasteiger partial charge in [-0.15, -0.1) is 0 Å². The van der Waals surface area contributed by atoms with Gasteiger partial charge < -0.3 is 14.9 Å². The van der Waals surface area contributed by atoms with Crippen LogP contribution in [0.1, 0.15) is 69.8 Å². The van der Waals surface area contributed by atoms with Gasteiger partial charge in [0.15, 0.2) is 0 Å². The number of hydrogen-bond acceptors (Lipinski definition) is 6. The topological polar surface area (TPSA) is 83.2 Å². The van der Waals surface area contributed by atoms with Crippen LogP contribution in [0.2, 0.25) is 5.02 Å². The molecule has 3 heterocycles. The molecule has 5 aliphatic rings. The van der Waals surface area contributed by atoms with Crippen LogP contribution in [0.25, 0.3) is 0 Å². The maximum atomic E-state index is 12.8. The first-order valence-corrected chi connectivity index (χ1v) is 14.1. The van der Waals surface area contributed by atoms with Crippen LogP contribution < -0.4 is 5.01 Å². The number of carbonyl (C=O) groups excluding carboxylic acids is 1. The highest BCUT2D eigenvalue weighted by molar-refractivity contribution is 6.32. The van der Waals surface area contributed by atoms with Gasteiger partial charge in [-0.1, -0.05) is 24.4 Å². The minimum absolute atomic E-state index is 0.147. The van der Waals surface area contributed by atoms with Crippen molar-refractivity contribution in [2.75, 3.05) is 31.2 Å². The zero-order valence-corrected chi connectivity index (χ0v) is 21.7. The molecule has 0 bridgehead atoms. The second-order valence-electron chi connectivity index (χ2n) is 11.8. The summed E-state index contributed by atoms with van der Waals surface area (Å²) in [6.45, 7) is 3.22. The maximum absolute atomic E-state index is 12.8. The van der Waals surface area contributed by atoms with Crippen molar-refractivity contribution in [2.45, 2.75) is 76.4 Å². The molecular weight excluding hydrogens is 474 g/mol. The van der Waals surface area contributed by atoms with E-state index < -0.39 is 0 Å². The zero-order chi connectivity index (χ0) is 24.9.